The third-order valence-corrected chi connectivity index (χ3v) is 5.16. The van der Waals surface area contributed by atoms with Crippen molar-refractivity contribution in [3.63, 3.8) is 0 Å². The first-order chi connectivity index (χ1) is 12.5. The summed E-state index contributed by atoms with van der Waals surface area (Å²) in [7, 11) is 0. The molecule has 1 aliphatic carbocycles. The van der Waals surface area contributed by atoms with Gasteiger partial charge in [-0.05, 0) is 42.5 Å². The van der Waals surface area contributed by atoms with Crippen molar-refractivity contribution in [2.24, 2.45) is 0 Å². The molecule has 26 heavy (non-hydrogen) atoms. The van der Waals surface area contributed by atoms with Crippen LogP contribution in [0.5, 0.6) is 0 Å². The van der Waals surface area contributed by atoms with Crippen molar-refractivity contribution >= 4 is 35.1 Å². The molecule has 0 aromatic heterocycles. The fourth-order valence-electron chi connectivity index (χ4n) is 3.18. The number of hydrogen-bond donors (Lipinski definition) is 1. The Bertz CT molecular complexity index is 802. The van der Waals surface area contributed by atoms with Crippen LogP contribution in [0.2, 0.25) is 10.0 Å². The van der Waals surface area contributed by atoms with Crippen LogP contribution in [0.3, 0.4) is 0 Å². The van der Waals surface area contributed by atoms with E-state index < -0.39 is 5.97 Å². The first-order valence-electron chi connectivity index (χ1n) is 8.50. The van der Waals surface area contributed by atoms with E-state index in [2.05, 4.69) is 11.4 Å². The molecule has 0 saturated carbocycles. The third kappa shape index (κ3) is 4.57. The molecule has 2 aromatic rings. The van der Waals surface area contributed by atoms with Crippen molar-refractivity contribution in [3.8, 4) is 0 Å². The van der Waals surface area contributed by atoms with Gasteiger partial charge in [-0.15, -0.1) is 0 Å². The molecule has 0 fully saturated rings. The minimum Gasteiger partial charge on any atom is -0.455 e. The van der Waals surface area contributed by atoms with E-state index in [0.717, 1.165) is 24.8 Å². The Morgan fingerprint density at radius 1 is 1.08 bits per heavy atom. The van der Waals surface area contributed by atoms with Crippen LogP contribution >= 0.6 is 23.2 Å². The van der Waals surface area contributed by atoms with Crippen molar-refractivity contribution in [1.29, 1.82) is 0 Å². The summed E-state index contributed by atoms with van der Waals surface area (Å²) in [6.07, 6.45) is 2.85. The SMILES string of the molecule is O=C(COC(=O)Cc1c(Cl)cccc1Cl)NC1CCCc2ccccc21. The number of carbonyl (C=O) groups is 2. The second-order valence-electron chi connectivity index (χ2n) is 6.25. The predicted octanol–water partition coefficient (Wildman–Crippen LogP) is 4.27. The van der Waals surface area contributed by atoms with Gasteiger partial charge in [0.15, 0.2) is 6.61 Å². The van der Waals surface area contributed by atoms with E-state index in [-0.39, 0.29) is 25.0 Å². The normalized spacial score (nSPS) is 15.8. The summed E-state index contributed by atoms with van der Waals surface area (Å²) in [6.45, 7) is -0.320. The van der Waals surface area contributed by atoms with Gasteiger partial charge in [-0.2, -0.15) is 0 Å². The number of hydrogen-bond acceptors (Lipinski definition) is 3. The van der Waals surface area contributed by atoms with E-state index in [9.17, 15) is 9.59 Å². The Morgan fingerprint density at radius 3 is 2.58 bits per heavy atom. The second kappa shape index (κ2) is 8.56. The smallest absolute Gasteiger partial charge is 0.310 e. The molecular weight excluding hydrogens is 373 g/mol. The lowest BCUT2D eigenvalue weighted by Crippen LogP contribution is -2.34. The molecule has 0 heterocycles. The Hall–Kier alpha value is -2.04. The van der Waals surface area contributed by atoms with Gasteiger partial charge < -0.3 is 10.1 Å². The predicted molar refractivity (Wildman–Crippen MR) is 101 cm³/mol. The van der Waals surface area contributed by atoms with Crippen LogP contribution < -0.4 is 5.32 Å². The number of rotatable bonds is 5. The monoisotopic (exact) mass is 391 g/mol. The highest BCUT2D eigenvalue weighted by Gasteiger charge is 2.22. The summed E-state index contributed by atoms with van der Waals surface area (Å²) in [5.74, 6) is -0.857. The minimum atomic E-state index is -0.542. The van der Waals surface area contributed by atoms with Gasteiger partial charge in [0.05, 0.1) is 12.5 Å². The average Bonchev–Trinajstić information content (AvgIpc) is 2.63. The summed E-state index contributed by atoms with van der Waals surface area (Å²) in [5, 5.41) is 3.75. The zero-order valence-corrected chi connectivity index (χ0v) is 15.6. The third-order valence-electron chi connectivity index (χ3n) is 4.45. The second-order valence-corrected chi connectivity index (χ2v) is 7.06. The summed E-state index contributed by atoms with van der Waals surface area (Å²) >= 11 is 12.1. The van der Waals surface area contributed by atoms with Gasteiger partial charge >= 0.3 is 5.97 Å². The maximum absolute atomic E-state index is 12.2. The topological polar surface area (TPSA) is 55.4 Å². The van der Waals surface area contributed by atoms with Crippen molar-refractivity contribution in [2.75, 3.05) is 6.61 Å². The van der Waals surface area contributed by atoms with Crippen LogP contribution in [-0.2, 0) is 27.2 Å². The van der Waals surface area contributed by atoms with Gasteiger partial charge in [-0.3, -0.25) is 9.59 Å². The molecule has 1 unspecified atom stereocenters. The van der Waals surface area contributed by atoms with Crippen LogP contribution in [0.4, 0.5) is 0 Å². The maximum atomic E-state index is 12.2. The zero-order chi connectivity index (χ0) is 18.5. The molecule has 0 spiro atoms. The number of fused-ring (bicyclic) bond motifs is 1. The molecule has 3 rings (SSSR count). The highest BCUT2D eigenvalue weighted by molar-refractivity contribution is 6.36. The van der Waals surface area contributed by atoms with Crippen molar-refractivity contribution in [2.45, 2.75) is 31.7 Å². The Balaban J connectivity index is 1.53. The molecule has 0 saturated heterocycles. The lowest BCUT2D eigenvalue weighted by Gasteiger charge is -2.26. The molecule has 0 radical (unpaired) electrons. The van der Waals surface area contributed by atoms with E-state index in [1.54, 1.807) is 18.2 Å². The molecule has 1 aliphatic rings. The van der Waals surface area contributed by atoms with Gasteiger partial charge in [-0.25, -0.2) is 0 Å². The molecule has 1 amide bonds. The lowest BCUT2D eigenvalue weighted by molar-refractivity contribution is -0.148. The van der Waals surface area contributed by atoms with Crippen LogP contribution in [0.1, 0.15) is 35.6 Å². The number of halogens is 2. The highest BCUT2D eigenvalue weighted by Crippen LogP contribution is 2.29. The summed E-state index contributed by atoms with van der Waals surface area (Å²) in [5.41, 5.74) is 2.90. The van der Waals surface area contributed by atoms with Gasteiger partial charge in [0.25, 0.3) is 5.91 Å². The van der Waals surface area contributed by atoms with E-state index in [4.69, 9.17) is 27.9 Å². The zero-order valence-electron chi connectivity index (χ0n) is 14.1. The molecule has 136 valence electrons. The Kier molecular flexibility index (Phi) is 6.17. The molecule has 1 atom stereocenters. The number of benzene rings is 2. The number of nitrogens with one attached hydrogen (secondary N) is 1. The molecule has 6 heteroatoms. The molecular formula is C20H19Cl2NO3. The summed E-state index contributed by atoms with van der Waals surface area (Å²) in [4.78, 5) is 24.2. The standard InChI is InChI=1S/C20H19Cl2NO3/c21-16-8-4-9-17(22)15(16)11-20(25)26-12-19(24)23-18-10-3-6-13-5-1-2-7-14(13)18/h1-2,4-5,7-9,18H,3,6,10-12H2,(H,23,24). The highest BCUT2D eigenvalue weighted by atomic mass is 35.5. The number of carbonyl (C=O) groups excluding carboxylic acids is 2. The molecule has 0 aliphatic heterocycles. The maximum Gasteiger partial charge on any atom is 0.310 e. The molecule has 0 bridgehead atoms. The van der Waals surface area contributed by atoms with Crippen molar-refractivity contribution in [1.82, 2.24) is 5.32 Å². The molecule has 1 N–H and O–H groups in total. The molecule has 4 nitrogen and oxygen atoms in total. The first kappa shape index (κ1) is 18.7. The van der Waals surface area contributed by atoms with E-state index in [0.29, 0.717) is 15.6 Å². The Labute approximate surface area is 162 Å². The van der Waals surface area contributed by atoms with Gasteiger partial charge in [0, 0.05) is 15.6 Å². The van der Waals surface area contributed by atoms with Gasteiger partial charge in [-0.1, -0.05) is 53.5 Å². The Morgan fingerprint density at radius 2 is 1.81 bits per heavy atom. The average molecular weight is 392 g/mol. The molecule has 2 aromatic carbocycles. The van der Waals surface area contributed by atoms with E-state index in [1.165, 1.54) is 5.56 Å². The van der Waals surface area contributed by atoms with Crippen LogP contribution in [-0.4, -0.2) is 18.5 Å². The van der Waals surface area contributed by atoms with Crippen molar-refractivity contribution in [3.05, 3.63) is 69.2 Å². The summed E-state index contributed by atoms with van der Waals surface area (Å²) in [6, 6.07) is 13.1. The quantitative estimate of drug-likeness (QED) is 0.774. The van der Waals surface area contributed by atoms with Crippen LogP contribution in [0, 0.1) is 0 Å². The lowest BCUT2D eigenvalue weighted by atomic mass is 9.88. The largest absolute Gasteiger partial charge is 0.455 e. The van der Waals surface area contributed by atoms with Crippen LogP contribution in [0.15, 0.2) is 42.5 Å². The number of amides is 1. The number of esters is 1. The van der Waals surface area contributed by atoms with Gasteiger partial charge in [0.2, 0.25) is 0 Å². The van der Waals surface area contributed by atoms with E-state index >= 15 is 0 Å². The van der Waals surface area contributed by atoms with Crippen LogP contribution in [0.25, 0.3) is 0 Å². The fourth-order valence-corrected chi connectivity index (χ4v) is 3.71. The van der Waals surface area contributed by atoms with Crippen molar-refractivity contribution < 1.29 is 14.3 Å². The summed E-state index contributed by atoms with van der Waals surface area (Å²) < 4.78 is 5.08. The number of aryl methyl sites for hydroxylation is 1. The first-order valence-corrected chi connectivity index (χ1v) is 9.26. The van der Waals surface area contributed by atoms with Gasteiger partial charge in [0.1, 0.15) is 0 Å². The minimum absolute atomic E-state index is 0.0378. The number of ether oxygens (including phenoxy) is 1. The fraction of sp³-hybridized carbons (Fsp3) is 0.300. The van der Waals surface area contributed by atoms with E-state index in [1.807, 2.05) is 18.2 Å².